The number of nitrogens with one attached hydrogen (secondary N) is 1. The van der Waals surface area contributed by atoms with Crippen LogP contribution in [0.3, 0.4) is 0 Å². The molecule has 0 spiro atoms. The van der Waals surface area contributed by atoms with Gasteiger partial charge >= 0.3 is 0 Å². The summed E-state index contributed by atoms with van der Waals surface area (Å²) in [6.07, 6.45) is 4.06. The highest BCUT2D eigenvalue weighted by atomic mass is 16.5. The third-order valence-electron chi connectivity index (χ3n) is 4.85. The van der Waals surface area contributed by atoms with Gasteiger partial charge in [0.1, 0.15) is 17.6 Å². The van der Waals surface area contributed by atoms with Gasteiger partial charge in [0.25, 0.3) is 0 Å². The van der Waals surface area contributed by atoms with Crippen molar-refractivity contribution in [3.63, 3.8) is 0 Å². The molecule has 1 atom stereocenters. The van der Waals surface area contributed by atoms with Gasteiger partial charge in [0, 0.05) is 39.1 Å². The zero-order valence-corrected chi connectivity index (χ0v) is 15.2. The van der Waals surface area contributed by atoms with E-state index >= 15 is 0 Å². The van der Waals surface area contributed by atoms with E-state index in [4.69, 9.17) is 4.74 Å². The maximum absolute atomic E-state index is 12.7. The Morgan fingerprint density at radius 1 is 1.40 bits per heavy atom. The Morgan fingerprint density at radius 2 is 2.24 bits per heavy atom. The van der Waals surface area contributed by atoms with Crippen LogP contribution < -0.4 is 10.1 Å². The van der Waals surface area contributed by atoms with E-state index in [1.54, 1.807) is 6.20 Å². The van der Waals surface area contributed by atoms with Crippen LogP contribution >= 0.6 is 0 Å². The molecule has 1 saturated heterocycles. The number of nitrogens with zero attached hydrogens (tertiary/aromatic N) is 3. The normalized spacial score (nSPS) is 17.6. The van der Waals surface area contributed by atoms with Crippen molar-refractivity contribution >= 4 is 5.91 Å². The van der Waals surface area contributed by atoms with Crippen molar-refractivity contribution in [3.05, 3.63) is 47.5 Å². The third kappa shape index (κ3) is 3.85. The summed E-state index contributed by atoms with van der Waals surface area (Å²) in [4.78, 5) is 19.1. The molecule has 1 fully saturated rings. The first-order chi connectivity index (χ1) is 12.1. The molecule has 2 aromatic rings. The molecule has 0 aliphatic carbocycles. The van der Waals surface area contributed by atoms with Crippen LogP contribution in [0.2, 0.25) is 0 Å². The molecule has 25 heavy (non-hydrogen) atoms. The van der Waals surface area contributed by atoms with E-state index in [-0.39, 0.29) is 11.9 Å². The number of carbonyl (C=O) groups excluding carboxylic acids is 1. The standard InChI is InChI=1S/C19H26N4O2/c1-14-5-4-6-17(15(14)2)25-12-7-18(24)23-11-8-20-13-16(23)19-21-9-10-22(19)3/h4-6,9-10,16,20H,7-8,11-13H2,1-3H3. The molecule has 2 heterocycles. The van der Waals surface area contributed by atoms with E-state index in [2.05, 4.69) is 23.3 Å². The predicted molar refractivity (Wildman–Crippen MR) is 96.6 cm³/mol. The molecular weight excluding hydrogens is 316 g/mol. The fourth-order valence-corrected chi connectivity index (χ4v) is 3.20. The van der Waals surface area contributed by atoms with Gasteiger partial charge < -0.3 is 19.5 Å². The molecule has 1 amide bonds. The minimum atomic E-state index is -0.0260. The van der Waals surface area contributed by atoms with Crippen LogP contribution in [0.25, 0.3) is 0 Å². The molecule has 1 aromatic heterocycles. The molecule has 1 N–H and O–H groups in total. The minimum Gasteiger partial charge on any atom is -0.493 e. The number of hydrogen-bond donors (Lipinski definition) is 1. The highest BCUT2D eigenvalue weighted by Gasteiger charge is 2.30. The summed E-state index contributed by atoms with van der Waals surface area (Å²) in [5, 5.41) is 3.35. The van der Waals surface area contributed by atoms with E-state index in [0.717, 1.165) is 30.2 Å². The molecule has 1 aliphatic heterocycles. The van der Waals surface area contributed by atoms with Gasteiger partial charge in [0.15, 0.2) is 0 Å². The maximum atomic E-state index is 12.7. The van der Waals surface area contributed by atoms with Gasteiger partial charge in [-0.25, -0.2) is 4.98 Å². The number of amides is 1. The molecule has 0 bridgehead atoms. The lowest BCUT2D eigenvalue weighted by atomic mass is 10.1. The van der Waals surface area contributed by atoms with Gasteiger partial charge in [-0.3, -0.25) is 4.79 Å². The van der Waals surface area contributed by atoms with Crippen molar-refractivity contribution in [2.24, 2.45) is 7.05 Å². The van der Waals surface area contributed by atoms with Gasteiger partial charge in [-0.1, -0.05) is 12.1 Å². The lowest BCUT2D eigenvalue weighted by molar-refractivity contribution is -0.135. The third-order valence-corrected chi connectivity index (χ3v) is 4.85. The number of piperazine rings is 1. The molecule has 0 radical (unpaired) electrons. The Kier molecular flexibility index (Phi) is 5.38. The van der Waals surface area contributed by atoms with Crippen molar-refractivity contribution in [1.29, 1.82) is 0 Å². The minimum absolute atomic E-state index is 0.0260. The zero-order valence-electron chi connectivity index (χ0n) is 15.2. The molecule has 1 aliphatic rings. The second-order valence-corrected chi connectivity index (χ2v) is 6.50. The fourth-order valence-electron chi connectivity index (χ4n) is 3.20. The van der Waals surface area contributed by atoms with Crippen molar-refractivity contribution in [3.8, 4) is 5.75 Å². The van der Waals surface area contributed by atoms with Crippen molar-refractivity contribution in [1.82, 2.24) is 19.8 Å². The summed E-state index contributed by atoms with van der Waals surface area (Å²) < 4.78 is 7.82. The Bertz CT molecular complexity index is 741. The van der Waals surface area contributed by atoms with Gasteiger partial charge in [-0.15, -0.1) is 0 Å². The van der Waals surface area contributed by atoms with Crippen LogP contribution in [0.4, 0.5) is 0 Å². The number of carbonyl (C=O) groups is 1. The summed E-state index contributed by atoms with van der Waals surface area (Å²) in [5.74, 6) is 1.88. The van der Waals surface area contributed by atoms with E-state index in [0.29, 0.717) is 19.6 Å². The first kappa shape index (κ1) is 17.5. The summed E-state index contributed by atoms with van der Waals surface area (Å²) >= 11 is 0. The van der Waals surface area contributed by atoms with Crippen molar-refractivity contribution < 1.29 is 9.53 Å². The van der Waals surface area contributed by atoms with Gasteiger partial charge in [0.05, 0.1) is 13.0 Å². The van der Waals surface area contributed by atoms with Crippen molar-refractivity contribution in [2.75, 3.05) is 26.2 Å². The number of benzene rings is 1. The highest BCUT2D eigenvalue weighted by Crippen LogP contribution is 2.23. The molecule has 0 saturated carbocycles. The van der Waals surface area contributed by atoms with Gasteiger partial charge in [0.2, 0.25) is 5.91 Å². The average Bonchev–Trinajstić information content (AvgIpc) is 3.04. The molecule has 6 heteroatoms. The number of rotatable bonds is 5. The lowest BCUT2D eigenvalue weighted by Crippen LogP contribution is -2.49. The monoisotopic (exact) mass is 342 g/mol. The van der Waals surface area contributed by atoms with Crippen LogP contribution in [0.1, 0.15) is 29.4 Å². The summed E-state index contributed by atoms with van der Waals surface area (Å²) in [7, 11) is 1.96. The number of imidazole rings is 1. The largest absolute Gasteiger partial charge is 0.493 e. The second kappa shape index (κ2) is 7.70. The van der Waals surface area contributed by atoms with Crippen LogP contribution in [0, 0.1) is 13.8 Å². The number of hydrogen-bond acceptors (Lipinski definition) is 4. The first-order valence-corrected chi connectivity index (χ1v) is 8.74. The molecule has 1 aromatic carbocycles. The maximum Gasteiger partial charge on any atom is 0.226 e. The molecule has 3 rings (SSSR count). The predicted octanol–water partition coefficient (Wildman–Crippen LogP) is 1.98. The van der Waals surface area contributed by atoms with Crippen LogP contribution in [-0.4, -0.2) is 46.6 Å². The topological polar surface area (TPSA) is 59.4 Å². The van der Waals surface area contributed by atoms with E-state index in [9.17, 15) is 4.79 Å². The molecule has 6 nitrogen and oxygen atoms in total. The molecular formula is C19H26N4O2. The average molecular weight is 342 g/mol. The fraction of sp³-hybridized carbons (Fsp3) is 0.474. The smallest absolute Gasteiger partial charge is 0.226 e. The number of aryl methyl sites for hydroxylation is 2. The SMILES string of the molecule is Cc1cccc(OCCC(=O)N2CCNCC2c2nccn2C)c1C. The van der Waals surface area contributed by atoms with Crippen LogP contribution in [0.5, 0.6) is 5.75 Å². The first-order valence-electron chi connectivity index (χ1n) is 8.74. The quantitative estimate of drug-likeness (QED) is 0.903. The summed E-state index contributed by atoms with van der Waals surface area (Å²) in [5.41, 5.74) is 2.32. The number of ether oxygens (including phenoxy) is 1. The zero-order chi connectivity index (χ0) is 17.8. The lowest BCUT2D eigenvalue weighted by Gasteiger charge is -2.35. The van der Waals surface area contributed by atoms with Gasteiger partial charge in [-0.05, 0) is 31.0 Å². The Labute approximate surface area is 148 Å². The Hall–Kier alpha value is -2.34. The summed E-state index contributed by atoms with van der Waals surface area (Å²) in [6.45, 7) is 6.73. The Balaban J connectivity index is 1.61. The molecule has 1 unspecified atom stereocenters. The van der Waals surface area contributed by atoms with Crippen LogP contribution in [-0.2, 0) is 11.8 Å². The second-order valence-electron chi connectivity index (χ2n) is 6.50. The van der Waals surface area contributed by atoms with E-state index in [1.165, 1.54) is 5.56 Å². The number of aromatic nitrogens is 2. The molecule has 134 valence electrons. The van der Waals surface area contributed by atoms with E-state index < -0.39 is 0 Å². The van der Waals surface area contributed by atoms with E-state index in [1.807, 2.05) is 41.8 Å². The summed E-state index contributed by atoms with van der Waals surface area (Å²) in [6, 6.07) is 5.97. The van der Waals surface area contributed by atoms with Crippen molar-refractivity contribution in [2.45, 2.75) is 26.3 Å². The van der Waals surface area contributed by atoms with Gasteiger partial charge in [-0.2, -0.15) is 0 Å². The Morgan fingerprint density at radius 3 is 3.00 bits per heavy atom. The highest BCUT2D eigenvalue weighted by molar-refractivity contribution is 5.77. The van der Waals surface area contributed by atoms with Crippen LogP contribution in [0.15, 0.2) is 30.6 Å².